The molecule has 1 heterocycles. The molecule has 12 atom stereocenters. The Balaban J connectivity index is 1.33. The predicted octanol–water partition coefficient (Wildman–Crippen LogP) is 1.97. The summed E-state index contributed by atoms with van der Waals surface area (Å²) in [5.74, 6) is 1.56. The highest BCUT2D eigenvalue weighted by Gasteiger charge is 2.66. The fourth-order valence-corrected chi connectivity index (χ4v) is 9.58. The number of aliphatic hydroxyl groups excluding tert-OH is 4. The van der Waals surface area contributed by atoms with Gasteiger partial charge >= 0.3 is 0 Å². The smallest absolute Gasteiger partial charge is 0.186 e. The van der Waals surface area contributed by atoms with Crippen molar-refractivity contribution in [2.24, 2.45) is 34.0 Å². The van der Waals surface area contributed by atoms with Gasteiger partial charge in [-0.1, -0.05) is 20.3 Å². The Labute approximate surface area is 197 Å². The Morgan fingerprint density at radius 2 is 1.67 bits per heavy atom. The zero-order valence-electron chi connectivity index (χ0n) is 20.4. The van der Waals surface area contributed by atoms with Gasteiger partial charge in [-0.15, -0.1) is 0 Å². The lowest BCUT2D eigenvalue weighted by Crippen LogP contribution is -2.60. The first-order valence-corrected chi connectivity index (χ1v) is 13.1. The number of aliphatic hydroxyl groups is 5. The van der Waals surface area contributed by atoms with Crippen molar-refractivity contribution in [3.8, 4) is 0 Å². The molecule has 4 saturated carbocycles. The quantitative estimate of drug-likeness (QED) is 0.428. The largest absolute Gasteiger partial charge is 0.394 e. The molecule has 5 aliphatic rings. The Morgan fingerprint density at radius 3 is 2.39 bits per heavy atom. The van der Waals surface area contributed by atoms with Crippen molar-refractivity contribution in [3.05, 3.63) is 0 Å². The molecule has 190 valence electrons. The summed E-state index contributed by atoms with van der Waals surface area (Å²) in [6.45, 7) is 6.81. The van der Waals surface area contributed by atoms with E-state index in [4.69, 9.17) is 9.47 Å². The van der Waals surface area contributed by atoms with E-state index >= 15 is 0 Å². The van der Waals surface area contributed by atoms with Gasteiger partial charge < -0.3 is 35.0 Å². The van der Waals surface area contributed by atoms with Crippen LogP contribution >= 0.6 is 0 Å². The van der Waals surface area contributed by atoms with Crippen LogP contribution in [-0.4, -0.2) is 75.1 Å². The fourth-order valence-electron chi connectivity index (χ4n) is 9.58. The van der Waals surface area contributed by atoms with Crippen LogP contribution in [0.1, 0.15) is 78.6 Å². The zero-order valence-corrected chi connectivity index (χ0v) is 20.4. The number of hydrogen-bond acceptors (Lipinski definition) is 7. The minimum atomic E-state index is -1.41. The van der Waals surface area contributed by atoms with Crippen LogP contribution in [0.3, 0.4) is 0 Å². The minimum Gasteiger partial charge on any atom is -0.394 e. The van der Waals surface area contributed by atoms with E-state index in [1.165, 1.54) is 25.7 Å². The second-order valence-corrected chi connectivity index (χ2v) is 13.0. The van der Waals surface area contributed by atoms with Crippen LogP contribution in [0.25, 0.3) is 0 Å². The molecule has 7 heteroatoms. The summed E-state index contributed by atoms with van der Waals surface area (Å²) in [5.41, 5.74) is -0.128. The van der Waals surface area contributed by atoms with E-state index in [2.05, 4.69) is 20.8 Å². The molecule has 0 aromatic heterocycles. The Bertz CT molecular complexity index is 742. The average Bonchev–Trinajstić information content (AvgIpc) is 2.94. The molecule has 1 aliphatic heterocycles. The standard InChI is InChI=1S/C26H44O7/c1-23(14-32-22-21(30)20(29)19(28)16(12-27)33-22)8-4-9-24(2)17(23)7-10-26-11-15(5-6-18(24)26)25(3,31)13-26/h15-22,27-31H,4-14H2,1-3H3/t15-,16-,17-,18+,19-,20+,21-,22-,23+,24-,25-,26+/m1/s1. The van der Waals surface area contributed by atoms with Crippen molar-refractivity contribution in [3.63, 3.8) is 0 Å². The molecule has 0 aromatic carbocycles. The highest BCUT2D eigenvalue weighted by atomic mass is 16.7. The Kier molecular flexibility index (Phi) is 6.01. The lowest BCUT2D eigenvalue weighted by molar-refractivity contribution is -0.310. The summed E-state index contributed by atoms with van der Waals surface area (Å²) in [6, 6.07) is 0. The third-order valence-corrected chi connectivity index (χ3v) is 11.0. The van der Waals surface area contributed by atoms with Gasteiger partial charge in [0, 0.05) is 0 Å². The lowest BCUT2D eigenvalue weighted by atomic mass is 9.41. The van der Waals surface area contributed by atoms with Gasteiger partial charge in [0.15, 0.2) is 6.29 Å². The molecule has 7 nitrogen and oxygen atoms in total. The predicted molar refractivity (Wildman–Crippen MR) is 121 cm³/mol. The molecule has 0 amide bonds. The minimum absolute atomic E-state index is 0.0780. The first-order chi connectivity index (χ1) is 15.5. The van der Waals surface area contributed by atoms with E-state index in [-0.39, 0.29) is 16.2 Å². The maximum atomic E-state index is 11.1. The summed E-state index contributed by atoms with van der Waals surface area (Å²) >= 11 is 0. The van der Waals surface area contributed by atoms with E-state index in [1.807, 2.05) is 0 Å². The van der Waals surface area contributed by atoms with Crippen LogP contribution in [0, 0.1) is 34.0 Å². The van der Waals surface area contributed by atoms with Gasteiger partial charge in [-0.05, 0) is 92.3 Å². The molecule has 0 aromatic rings. The first kappa shape index (κ1) is 24.4. The van der Waals surface area contributed by atoms with Crippen LogP contribution in [0.5, 0.6) is 0 Å². The monoisotopic (exact) mass is 468 g/mol. The number of hydrogen-bond donors (Lipinski definition) is 5. The van der Waals surface area contributed by atoms with Crippen molar-refractivity contribution in [2.45, 2.75) is 115 Å². The van der Waals surface area contributed by atoms with Crippen molar-refractivity contribution >= 4 is 0 Å². The molecule has 1 saturated heterocycles. The summed E-state index contributed by atoms with van der Waals surface area (Å²) in [4.78, 5) is 0. The molecule has 5 N–H and O–H groups in total. The van der Waals surface area contributed by atoms with E-state index in [0.29, 0.717) is 24.4 Å². The van der Waals surface area contributed by atoms with Gasteiger partial charge in [-0.3, -0.25) is 0 Å². The summed E-state index contributed by atoms with van der Waals surface area (Å²) in [7, 11) is 0. The number of fused-ring (bicyclic) bond motifs is 3. The third-order valence-electron chi connectivity index (χ3n) is 11.0. The van der Waals surface area contributed by atoms with Gasteiger partial charge in [-0.25, -0.2) is 0 Å². The second kappa shape index (κ2) is 8.12. The molecular formula is C26H44O7. The van der Waals surface area contributed by atoms with Crippen molar-refractivity contribution < 1.29 is 35.0 Å². The van der Waals surface area contributed by atoms with E-state index in [1.54, 1.807) is 0 Å². The van der Waals surface area contributed by atoms with Crippen molar-refractivity contribution in [1.29, 1.82) is 0 Å². The lowest BCUT2D eigenvalue weighted by Gasteiger charge is -2.64. The van der Waals surface area contributed by atoms with Crippen molar-refractivity contribution in [2.75, 3.05) is 13.2 Å². The third kappa shape index (κ3) is 3.64. The highest BCUT2D eigenvalue weighted by Crippen LogP contribution is 2.72. The summed E-state index contributed by atoms with van der Waals surface area (Å²) in [5, 5.41) is 51.2. The molecule has 5 rings (SSSR count). The zero-order chi connectivity index (χ0) is 23.8. The van der Waals surface area contributed by atoms with Gasteiger partial charge in [0.1, 0.15) is 24.4 Å². The summed E-state index contributed by atoms with van der Waals surface area (Å²) < 4.78 is 11.7. The first-order valence-electron chi connectivity index (χ1n) is 13.1. The molecule has 0 radical (unpaired) electrons. The molecule has 0 unspecified atom stereocenters. The molecule has 2 bridgehead atoms. The van der Waals surface area contributed by atoms with E-state index in [0.717, 1.165) is 32.1 Å². The van der Waals surface area contributed by atoms with Gasteiger partial charge in [0.25, 0.3) is 0 Å². The normalized spacial score (nSPS) is 58.5. The van der Waals surface area contributed by atoms with Crippen LogP contribution in [0.15, 0.2) is 0 Å². The van der Waals surface area contributed by atoms with Gasteiger partial charge in [0.2, 0.25) is 0 Å². The SMILES string of the molecule is C[C@@]1(CO[C@@H]2O[C@H](CO)[C@@H](O)[C@H](O)[C@H]2O)CCC[C@]2(C)[C@@H]1CC[C@@]13C[C@@H](CC[C@H]12)[C@](C)(O)C3. The second-order valence-electron chi connectivity index (χ2n) is 13.0. The van der Waals surface area contributed by atoms with Crippen LogP contribution in [0.2, 0.25) is 0 Å². The van der Waals surface area contributed by atoms with Gasteiger partial charge in [-0.2, -0.15) is 0 Å². The van der Waals surface area contributed by atoms with Crippen LogP contribution in [0.4, 0.5) is 0 Å². The van der Waals surface area contributed by atoms with E-state index in [9.17, 15) is 25.5 Å². The van der Waals surface area contributed by atoms with Crippen LogP contribution < -0.4 is 0 Å². The van der Waals surface area contributed by atoms with Crippen LogP contribution in [-0.2, 0) is 9.47 Å². The molecular weight excluding hydrogens is 424 g/mol. The number of rotatable bonds is 4. The highest BCUT2D eigenvalue weighted by molar-refractivity contribution is 5.16. The molecule has 33 heavy (non-hydrogen) atoms. The molecule has 5 fully saturated rings. The maximum Gasteiger partial charge on any atom is 0.186 e. The topological polar surface area (TPSA) is 120 Å². The van der Waals surface area contributed by atoms with E-state index < -0.39 is 42.9 Å². The Morgan fingerprint density at radius 1 is 0.909 bits per heavy atom. The average molecular weight is 469 g/mol. The number of ether oxygens (including phenoxy) is 2. The molecule has 4 aliphatic carbocycles. The van der Waals surface area contributed by atoms with Crippen molar-refractivity contribution in [1.82, 2.24) is 0 Å². The molecule has 1 spiro atoms. The van der Waals surface area contributed by atoms with Gasteiger partial charge in [0.05, 0.1) is 18.8 Å². The summed E-state index contributed by atoms with van der Waals surface area (Å²) in [6.07, 6.45) is 3.98. The fraction of sp³-hybridized carbons (Fsp3) is 1.00. The Hall–Kier alpha value is -0.280. The maximum absolute atomic E-state index is 11.1.